The van der Waals surface area contributed by atoms with Crippen LogP contribution in [0, 0.1) is 27.7 Å². The van der Waals surface area contributed by atoms with Gasteiger partial charge in [0.05, 0.1) is 27.8 Å². The Bertz CT molecular complexity index is 2120. The summed E-state index contributed by atoms with van der Waals surface area (Å²) in [5.41, 5.74) is 12.0. The highest BCUT2D eigenvalue weighted by Gasteiger charge is 2.24. The van der Waals surface area contributed by atoms with E-state index in [1.165, 1.54) is 16.7 Å². The van der Waals surface area contributed by atoms with Crippen LogP contribution in [0.4, 0.5) is 0 Å². The van der Waals surface area contributed by atoms with E-state index in [1.54, 1.807) is 0 Å². The third-order valence-corrected chi connectivity index (χ3v) is 7.86. The van der Waals surface area contributed by atoms with Crippen molar-refractivity contribution in [1.82, 2.24) is 19.5 Å². The summed E-state index contributed by atoms with van der Waals surface area (Å²) in [6.45, 7) is 15.0. The number of aryl methyl sites for hydroxylation is 4. The van der Waals surface area contributed by atoms with E-state index in [0.29, 0.717) is 5.71 Å². The van der Waals surface area contributed by atoms with Gasteiger partial charge in [-0.1, -0.05) is 50.6 Å². The van der Waals surface area contributed by atoms with E-state index in [-0.39, 0.29) is 5.41 Å². The Morgan fingerprint density at radius 1 is 0.700 bits per heavy atom. The van der Waals surface area contributed by atoms with Crippen molar-refractivity contribution in [2.24, 2.45) is 0 Å². The van der Waals surface area contributed by atoms with Gasteiger partial charge in [0.2, 0.25) is 5.71 Å². The molecule has 0 aliphatic rings. The molecule has 0 aliphatic carbocycles. The number of para-hydroxylation sites is 1. The first kappa shape index (κ1) is 24.5. The molecule has 0 saturated carbocycles. The molecule has 3 aromatic carbocycles. The number of rotatable bonds is 2. The summed E-state index contributed by atoms with van der Waals surface area (Å²) in [5, 5.41) is 3.13. The molecule has 7 rings (SSSR count). The van der Waals surface area contributed by atoms with E-state index in [2.05, 4.69) is 113 Å². The van der Waals surface area contributed by atoms with Crippen molar-refractivity contribution in [2.75, 3.05) is 0 Å². The van der Waals surface area contributed by atoms with Crippen LogP contribution >= 0.6 is 0 Å². The minimum Gasteiger partial charge on any atom is -0.437 e. The zero-order valence-electron chi connectivity index (χ0n) is 24.0. The molecule has 198 valence electrons. The lowest BCUT2D eigenvalue weighted by Crippen LogP contribution is -2.12. The second kappa shape index (κ2) is 8.49. The summed E-state index contributed by atoms with van der Waals surface area (Å²) in [7, 11) is 0. The second-order valence-corrected chi connectivity index (χ2v) is 12.1. The van der Waals surface area contributed by atoms with Gasteiger partial charge < -0.3 is 4.42 Å². The second-order valence-electron chi connectivity index (χ2n) is 12.1. The van der Waals surface area contributed by atoms with E-state index < -0.39 is 0 Å². The van der Waals surface area contributed by atoms with Crippen molar-refractivity contribution < 1.29 is 4.42 Å². The molecule has 0 N–H and O–H groups in total. The number of hydrogen-bond acceptors (Lipinski definition) is 4. The number of fused-ring (bicyclic) bond motifs is 6. The lowest BCUT2D eigenvalue weighted by molar-refractivity contribution is 0.562. The Hall–Kier alpha value is -4.51. The van der Waals surface area contributed by atoms with Crippen LogP contribution in [0.15, 0.2) is 71.1 Å². The van der Waals surface area contributed by atoms with Crippen LogP contribution in [-0.4, -0.2) is 19.5 Å². The van der Waals surface area contributed by atoms with Crippen LogP contribution in [0.2, 0.25) is 0 Å². The molecule has 0 amide bonds. The molecule has 4 aromatic heterocycles. The van der Waals surface area contributed by atoms with Gasteiger partial charge in [0.25, 0.3) is 0 Å². The number of furan rings is 1. The number of nitrogens with zero attached hydrogens (tertiary/aromatic N) is 4. The van der Waals surface area contributed by atoms with Gasteiger partial charge in [-0.25, -0.2) is 9.97 Å². The summed E-state index contributed by atoms with van der Waals surface area (Å²) in [6, 6.07) is 23.4. The Morgan fingerprint density at radius 2 is 1.43 bits per heavy atom. The molecule has 0 fully saturated rings. The molecule has 0 spiro atoms. The molecule has 0 unspecified atom stereocenters. The predicted octanol–water partition coefficient (Wildman–Crippen LogP) is 9.07. The van der Waals surface area contributed by atoms with Gasteiger partial charge >= 0.3 is 0 Å². The highest BCUT2D eigenvalue weighted by Crippen LogP contribution is 2.40. The average Bonchev–Trinajstić information content (AvgIpc) is 3.46. The van der Waals surface area contributed by atoms with Gasteiger partial charge in [-0.3, -0.25) is 9.55 Å². The lowest BCUT2D eigenvalue weighted by atomic mass is 9.91. The highest BCUT2D eigenvalue weighted by atomic mass is 16.3. The molecular formula is C35H32N4O. The summed E-state index contributed by atoms with van der Waals surface area (Å²) in [5.74, 6) is 0.846. The number of hydrogen-bond donors (Lipinski definition) is 0. The zero-order valence-corrected chi connectivity index (χ0v) is 24.0. The van der Waals surface area contributed by atoms with Crippen molar-refractivity contribution in [3.05, 3.63) is 94.8 Å². The van der Waals surface area contributed by atoms with E-state index in [4.69, 9.17) is 19.4 Å². The number of benzene rings is 3. The van der Waals surface area contributed by atoms with Gasteiger partial charge in [-0.05, 0) is 81.3 Å². The van der Waals surface area contributed by atoms with E-state index in [9.17, 15) is 0 Å². The summed E-state index contributed by atoms with van der Waals surface area (Å²) in [4.78, 5) is 15.0. The first-order chi connectivity index (χ1) is 19.1. The van der Waals surface area contributed by atoms with Crippen molar-refractivity contribution in [2.45, 2.75) is 53.9 Å². The SMILES string of the molecule is Cc1cc(C)c(-n2c(-c3cccc4c3oc3nc(C(C)(C)C)ccc34)nc3ccc4nc(C)ccc4c32)c(C)c1. The first-order valence-electron chi connectivity index (χ1n) is 13.8. The first-order valence-corrected chi connectivity index (χ1v) is 13.8. The van der Waals surface area contributed by atoms with Crippen molar-refractivity contribution in [1.29, 1.82) is 0 Å². The van der Waals surface area contributed by atoms with Gasteiger partial charge in [-0.15, -0.1) is 0 Å². The van der Waals surface area contributed by atoms with Gasteiger partial charge in [0.15, 0.2) is 0 Å². The van der Waals surface area contributed by atoms with E-state index >= 15 is 0 Å². The molecule has 5 nitrogen and oxygen atoms in total. The largest absolute Gasteiger partial charge is 0.437 e. The van der Waals surface area contributed by atoms with Crippen LogP contribution in [0.3, 0.4) is 0 Å². The van der Waals surface area contributed by atoms with Crippen molar-refractivity contribution in [3.63, 3.8) is 0 Å². The Kier molecular flexibility index (Phi) is 5.21. The third kappa shape index (κ3) is 3.64. The van der Waals surface area contributed by atoms with Gasteiger partial charge in [-0.2, -0.15) is 0 Å². The van der Waals surface area contributed by atoms with Crippen LogP contribution < -0.4 is 0 Å². The predicted molar refractivity (Wildman–Crippen MR) is 165 cm³/mol. The fraction of sp³-hybridized carbons (Fsp3) is 0.229. The molecule has 0 saturated heterocycles. The fourth-order valence-corrected chi connectivity index (χ4v) is 6.07. The Balaban J connectivity index is 1.62. The van der Waals surface area contributed by atoms with Crippen molar-refractivity contribution in [3.8, 4) is 17.1 Å². The lowest BCUT2D eigenvalue weighted by Gasteiger charge is -2.17. The molecule has 0 bridgehead atoms. The zero-order chi connectivity index (χ0) is 27.9. The normalized spacial score (nSPS) is 12.4. The maximum Gasteiger partial charge on any atom is 0.227 e. The number of aromatic nitrogens is 4. The Labute approximate surface area is 233 Å². The third-order valence-electron chi connectivity index (χ3n) is 7.86. The highest BCUT2D eigenvalue weighted by molar-refractivity contribution is 6.10. The van der Waals surface area contributed by atoms with Gasteiger partial charge in [0, 0.05) is 33.0 Å². The van der Waals surface area contributed by atoms with E-state index in [0.717, 1.165) is 66.8 Å². The molecule has 5 heteroatoms. The molecular weight excluding hydrogens is 492 g/mol. The van der Waals surface area contributed by atoms with Gasteiger partial charge in [0.1, 0.15) is 11.4 Å². The number of imidazole rings is 1. The molecule has 0 radical (unpaired) electrons. The average molecular weight is 525 g/mol. The smallest absolute Gasteiger partial charge is 0.227 e. The summed E-state index contributed by atoms with van der Waals surface area (Å²) in [6.07, 6.45) is 0. The molecule has 0 aliphatic heterocycles. The summed E-state index contributed by atoms with van der Waals surface area (Å²) >= 11 is 0. The number of pyridine rings is 2. The van der Waals surface area contributed by atoms with Crippen LogP contribution in [0.25, 0.3) is 61.1 Å². The molecule has 4 heterocycles. The topological polar surface area (TPSA) is 56.7 Å². The minimum atomic E-state index is -0.0715. The molecule has 7 aromatic rings. The standard InChI is InChI=1S/C35H32N4O/c1-19-17-20(2)30(21(3)18-19)39-31-25-12-11-22(4)36-27(25)14-15-28(31)37-33(39)26-10-8-9-23-24-13-16-29(35(5,6)7)38-34(24)40-32(23)26/h8-18H,1-7H3. The monoisotopic (exact) mass is 524 g/mol. The quantitative estimate of drug-likeness (QED) is 0.226. The maximum atomic E-state index is 6.57. The molecule has 0 atom stereocenters. The molecule has 40 heavy (non-hydrogen) atoms. The van der Waals surface area contributed by atoms with Crippen LogP contribution in [-0.2, 0) is 5.41 Å². The fourth-order valence-electron chi connectivity index (χ4n) is 6.07. The van der Waals surface area contributed by atoms with Crippen LogP contribution in [0.1, 0.15) is 48.8 Å². The van der Waals surface area contributed by atoms with E-state index in [1.807, 2.05) is 6.92 Å². The Morgan fingerprint density at radius 3 is 2.17 bits per heavy atom. The maximum absolute atomic E-state index is 6.57. The van der Waals surface area contributed by atoms with Crippen LogP contribution in [0.5, 0.6) is 0 Å². The minimum absolute atomic E-state index is 0.0715. The van der Waals surface area contributed by atoms with Crippen molar-refractivity contribution >= 4 is 44.0 Å². The summed E-state index contributed by atoms with van der Waals surface area (Å²) < 4.78 is 8.88.